The third-order valence-electron chi connectivity index (χ3n) is 3.32. The fourth-order valence-electron chi connectivity index (χ4n) is 2.38. The third kappa shape index (κ3) is 2.54. The molecule has 0 unspecified atom stereocenters. The molecule has 2 N–H and O–H groups in total. The van der Waals surface area contributed by atoms with E-state index in [0.717, 1.165) is 12.8 Å². The van der Waals surface area contributed by atoms with E-state index in [4.69, 9.17) is 9.84 Å². The van der Waals surface area contributed by atoms with Crippen molar-refractivity contribution in [2.24, 2.45) is 0 Å². The molecule has 2 rings (SSSR count). The van der Waals surface area contributed by atoms with E-state index in [-0.39, 0.29) is 24.3 Å². The molecule has 1 aromatic rings. The maximum atomic E-state index is 11.8. The molecule has 1 aromatic heterocycles. The molecule has 0 saturated carbocycles. The minimum Gasteiger partial charge on any atom is -0.396 e. The Bertz CT molecular complexity index is 518. The van der Waals surface area contributed by atoms with Gasteiger partial charge < -0.3 is 9.84 Å². The zero-order valence-electron chi connectivity index (χ0n) is 10.4. The lowest BCUT2D eigenvalue weighted by molar-refractivity contribution is -0.0340. The number of hydrogen-bond donors (Lipinski definition) is 2. The first kappa shape index (κ1) is 13.0. The van der Waals surface area contributed by atoms with Gasteiger partial charge in [0, 0.05) is 25.0 Å². The van der Waals surface area contributed by atoms with Gasteiger partial charge in [-0.25, -0.2) is 4.79 Å². The number of rotatable bonds is 3. The summed E-state index contributed by atoms with van der Waals surface area (Å²) >= 11 is 0. The lowest BCUT2D eigenvalue weighted by atomic mass is 10.00. The van der Waals surface area contributed by atoms with Gasteiger partial charge >= 0.3 is 5.69 Å². The Kier molecular flexibility index (Phi) is 3.98. The fourth-order valence-corrected chi connectivity index (χ4v) is 2.38. The molecule has 1 aliphatic rings. The molecule has 2 atom stereocenters. The molecule has 2 heterocycles. The summed E-state index contributed by atoms with van der Waals surface area (Å²) in [5.41, 5.74) is -0.265. The molecule has 0 radical (unpaired) electrons. The summed E-state index contributed by atoms with van der Waals surface area (Å²) in [5, 5.41) is 9.03. The van der Waals surface area contributed by atoms with Gasteiger partial charge in [0.25, 0.3) is 5.56 Å². The average molecular weight is 254 g/mol. The minimum atomic E-state index is -0.413. The number of nitrogens with zero attached hydrogens (tertiary/aromatic N) is 1. The summed E-state index contributed by atoms with van der Waals surface area (Å²) in [7, 11) is 0. The molecule has 0 aliphatic carbocycles. The van der Waals surface area contributed by atoms with E-state index >= 15 is 0 Å². The maximum Gasteiger partial charge on any atom is 0.328 e. The molecule has 0 bridgehead atoms. The van der Waals surface area contributed by atoms with Crippen molar-refractivity contribution in [3.63, 3.8) is 0 Å². The van der Waals surface area contributed by atoms with Crippen LogP contribution >= 0.6 is 0 Å². The van der Waals surface area contributed by atoms with Crippen LogP contribution in [-0.4, -0.2) is 34.0 Å². The number of nitrogens with one attached hydrogen (secondary N) is 1. The predicted molar refractivity (Wildman–Crippen MR) is 65.8 cm³/mol. The van der Waals surface area contributed by atoms with Crippen LogP contribution in [0.4, 0.5) is 0 Å². The number of aromatic nitrogens is 2. The molecule has 1 aliphatic heterocycles. The summed E-state index contributed by atoms with van der Waals surface area (Å²) in [6.45, 7) is 2.34. The van der Waals surface area contributed by atoms with Crippen LogP contribution in [0.15, 0.2) is 15.8 Å². The van der Waals surface area contributed by atoms with E-state index in [1.54, 1.807) is 13.1 Å². The van der Waals surface area contributed by atoms with E-state index < -0.39 is 5.69 Å². The van der Waals surface area contributed by atoms with E-state index in [9.17, 15) is 9.59 Å². The molecular formula is C12H18N2O4. The zero-order valence-corrected chi connectivity index (χ0v) is 10.4. The van der Waals surface area contributed by atoms with Crippen molar-refractivity contribution in [1.29, 1.82) is 0 Å². The van der Waals surface area contributed by atoms with Crippen molar-refractivity contribution >= 4 is 0 Å². The molecule has 18 heavy (non-hydrogen) atoms. The van der Waals surface area contributed by atoms with E-state index in [2.05, 4.69) is 4.98 Å². The fraction of sp³-hybridized carbons (Fsp3) is 0.667. The topological polar surface area (TPSA) is 84.3 Å². The van der Waals surface area contributed by atoms with Crippen LogP contribution in [0.25, 0.3) is 0 Å². The Labute approximate surface area is 104 Å². The number of H-pyrrole nitrogens is 1. The van der Waals surface area contributed by atoms with Crippen molar-refractivity contribution in [2.75, 3.05) is 13.2 Å². The van der Waals surface area contributed by atoms with Gasteiger partial charge in [0.15, 0.2) is 0 Å². The molecule has 6 heteroatoms. The first-order chi connectivity index (χ1) is 8.63. The van der Waals surface area contributed by atoms with Crippen LogP contribution in [0.2, 0.25) is 0 Å². The molecule has 1 saturated heterocycles. The highest BCUT2D eigenvalue weighted by molar-refractivity contribution is 5.02. The van der Waals surface area contributed by atoms with Gasteiger partial charge in [-0.2, -0.15) is 0 Å². The van der Waals surface area contributed by atoms with Gasteiger partial charge in [-0.15, -0.1) is 0 Å². The molecule has 1 fully saturated rings. The van der Waals surface area contributed by atoms with Gasteiger partial charge in [-0.3, -0.25) is 14.3 Å². The Morgan fingerprint density at radius 3 is 3.06 bits per heavy atom. The molecule has 100 valence electrons. The predicted octanol–water partition coefficient (Wildman–Crippen LogP) is -0.0525. The Hall–Kier alpha value is -1.40. The number of aryl methyl sites for hydroxylation is 1. The SMILES string of the molecule is Cc1cn([C@H]2CCCO[C@H]2CCO)c(=O)[nH]c1=O. The molecular weight excluding hydrogens is 236 g/mol. The van der Waals surface area contributed by atoms with Gasteiger partial charge in [0.05, 0.1) is 12.1 Å². The highest BCUT2D eigenvalue weighted by Gasteiger charge is 2.28. The standard InChI is InChI=1S/C12H18N2O4/c1-8-7-14(12(17)13-11(8)16)9-3-2-6-18-10(9)4-5-15/h7,9-10,15H,2-6H2,1H3,(H,13,16,17)/t9-,10-/m0/s1. The zero-order chi connectivity index (χ0) is 13.1. The lowest BCUT2D eigenvalue weighted by Gasteiger charge is -2.32. The van der Waals surface area contributed by atoms with Gasteiger partial charge in [-0.1, -0.05) is 0 Å². The Morgan fingerprint density at radius 1 is 1.56 bits per heavy atom. The molecule has 0 aromatic carbocycles. The first-order valence-corrected chi connectivity index (χ1v) is 6.18. The highest BCUT2D eigenvalue weighted by Crippen LogP contribution is 2.26. The summed E-state index contributed by atoms with van der Waals surface area (Å²) in [5.74, 6) is 0. The monoisotopic (exact) mass is 254 g/mol. The maximum absolute atomic E-state index is 11.8. The van der Waals surface area contributed by atoms with Crippen LogP contribution in [0.5, 0.6) is 0 Å². The summed E-state index contributed by atoms with van der Waals surface area (Å²) < 4.78 is 7.12. The van der Waals surface area contributed by atoms with Crippen LogP contribution in [0.1, 0.15) is 30.9 Å². The third-order valence-corrected chi connectivity index (χ3v) is 3.32. The van der Waals surface area contributed by atoms with Gasteiger partial charge in [0.2, 0.25) is 0 Å². The van der Waals surface area contributed by atoms with Crippen molar-refractivity contribution in [2.45, 2.75) is 38.3 Å². The highest BCUT2D eigenvalue weighted by atomic mass is 16.5. The normalized spacial score (nSPS) is 24.1. The average Bonchev–Trinajstić information content (AvgIpc) is 2.35. The Morgan fingerprint density at radius 2 is 2.33 bits per heavy atom. The summed E-state index contributed by atoms with van der Waals surface area (Å²) in [6, 6.07) is -0.117. The second-order valence-corrected chi connectivity index (χ2v) is 4.61. The minimum absolute atomic E-state index is 0.0260. The van der Waals surface area contributed by atoms with Crippen molar-refractivity contribution in [3.8, 4) is 0 Å². The second kappa shape index (κ2) is 5.49. The molecule has 0 spiro atoms. The smallest absolute Gasteiger partial charge is 0.328 e. The summed E-state index contributed by atoms with van der Waals surface area (Å²) in [4.78, 5) is 25.5. The Balaban J connectivity index is 2.36. The van der Waals surface area contributed by atoms with Gasteiger partial charge in [-0.05, 0) is 26.2 Å². The molecule has 6 nitrogen and oxygen atoms in total. The second-order valence-electron chi connectivity index (χ2n) is 4.61. The molecule has 0 amide bonds. The largest absolute Gasteiger partial charge is 0.396 e. The van der Waals surface area contributed by atoms with E-state index in [1.807, 2.05) is 0 Å². The quantitative estimate of drug-likeness (QED) is 0.792. The lowest BCUT2D eigenvalue weighted by Crippen LogP contribution is -2.40. The van der Waals surface area contributed by atoms with E-state index in [0.29, 0.717) is 18.6 Å². The number of ether oxygens (including phenoxy) is 1. The van der Waals surface area contributed by atoms with Crippen LogP contribution < -0.4 is 11.2 Å². The van der Waals surface area contributed by atoms with Gasteiger partial charge in [0.1, 0.15) is 0 Å². The summed E-state index contributed by atoms with van der Waals surface area (Å²) in [6.07, 6.45) is 3.58. The van der Waals surface area contributed by atoms with Crippen LogP contribution in [0, 0.1) is 6.92 Å². The number of hydrogen-bond acceptors (Lipinski definition) is 4. The van der Waals surface area contributed by atoms with Crippen molar-refractivity contribution in [1.82, 2.24) is 9.55 Å². The number of aromatic amines is 1. The van der Waals surface area contributed by atoms with Crippen LogP contribution in [0.3, 0.4) is 0 Å². The van der Waals surface area contributed by atoms with Crippen molar-refractivity contribution in [3.05, 3.63) is 32.6 Å². The van der Waals surface area contributed by atoms with Crippen LogP contribution in [-0.2, 0) is 4.74 Å². The number of aliphatic hydroxyl groups is 1. The first-order valence-electron chi connectivity index (χ1n) is 6.18. The van der Waals surface area contributed by atoms with E-state index in [1.165, 1.54) is 4.57 Å². The van der Waals surface area contributed by atoms with Crippen molar-refractivity contribution < 1.29 is 9.84 Å². The number of aliphatic hydroxyl groups excluding tert-OH is 1.